The summed E-state index contributed by atoms with van der Waals surface area (Å²) in [6, 6.07) is 35.3. The largest absolute Gasteiger partial charge is 0.305 e. The van der Waals surface area contributed by atoms with Crippen molar-refractivity contribution in [2.75, 3.05) is 0 Å². The van der Waals surface area contributed by atoms with Crippen LogP contribution in [-0.2, 0) is 10.8 Å². The van der Waals surface area contributed by atoms with Gasteiger partial charge in [0.25, 0.3) is 5.84 Å². The first-order valence-electron chi connectivity index (χ1n) is 14.9. The number of nitrogens with one attached hydrogen (secondary N) is 2. The van der Waals surface area contributed by atoms with Gasteiger partial charge < -0.3 is 0 Å². The van der Waals surface area contributed by atoms with Gasteiger partial charge in [0.2, 0.25) is 5.16 Å². The van der Waals surface area contributed by atoms with E-state index >= 15 is 0 Å². The fourth-order valence-corrected chi connectivity index (χ4v) is 7.38. The second-order valence-electron chi connectivity index (χ2n) is 13.4. The van der Waals surface area contributed by atoms with Gasteiger partial charge in [-0.05, 0) is 46.2 Å². The SMILES string of the molecule is CC(C)(C)c1ccc(C2=NNC(S)(Sc3n[nH]c(-c4ccc(C(C)(C)C)cc4)n3)[N+]2(c2ccccc2)c2ccc(Cl)cc2)cc1. The summed E-state index contributed by atoms with van der Waals surface area (Å²) in [5.41, 5.74) is 9.86. The number of quaternary nitrogens is 1. The lowest BCUT2D eigenvalue weighted by Gasteiger charge is -2.42. The van der Waals surface area contributed by atoms with Gasteiger partial charge in [0.15, 0.2) is 5.82 Å². The molecular formula is C36H38ClN6S2+. The third-order valence-electron chi connectivity index (χ3n) is 8.17. The van der Waals surface area contributed by atoms with E-state index in [0.29, 0.717) is 16.0 Å². The smallest absolute Gasteiger partial charge is 0.258 e. The van der Waals surface area contributed by atoms with Crippen LogP contribution in [0.25, 0.3) is 11.4 Å². The van der Waals surface area contributed by atoms with Crippen molar-refractivity contribution in [2.24, 2.45) is 5.10 Å². The number of aromatic amines is 1. The lowest BCUT2D eigenvalue weighted by atomic mass is 9.86. The number of thiol groups is 1. The van der Waals surface area contributed by atoms with Crippen LogP contribution in [0, 0.1) is 0 Å². The van der Waals surface area contributed by atoms with Crippen LogP contribution in [0.3, 0.4) is 0 Å². The second kappa shape index (κ2) is 11.7. The molecule has 0 bridgehead atoms. The Balaban J connectivity index is 1.47. The van der Waals surface area contributed by atoms with Crippen LogP contribution in [0.4, 0.5) is 11.4 Å². The van der Waals surface area contributed by atoms with Crippen molar-refractivity contribution in [3.05, 3.63) is 125 Å². The van der Waals surface area contributed by atoms with Gasteiger partial charge in [-0.15, -0.1) is 10.2 Å². The van der Waals surface area contributed by atoms with Gasteiger partial charge in [-0.1, -0.05) is 120 Å². The normalized spacial score (nSPS) is 20.1. The Kier molecular flexibility index (Phi) is 8.14. The lowest BCUT2D eigenvalue weighted by Crippen LogP contribution is -2.62. The molecule has 4 aromatic carbocycles. The molecule has 6 rings (SSSR count). The van der Waals surface area contributed by atoms with Crippen molar-refractivity contribution in [1.29, 1.82) is 0 Å². The monoisotopic (exact) mass is 653 g/mol. The molecule has 1 aromatic heterocycles. The van der Waals surface area contributed by atoms with E-state index in [2.05, 4.69) is 118 Å². The van der Waals surface area contributed by atoms with Crippen LogP contribution in [-0.4, -0.2) is 25.3 Å². The predicted molar refractivity (Wildman–Crippen MR) is 192 cm³/mol. The van der Waals surface area contributed by atoms with Crippen molar-refractivity contribution < 1.29 is 0 Å². The molecule has 230 valence electrons. The summed E-state index contributed by atoms with van der Waals surface area (Å²) in [7, 11) is 0. The zero-order chi connectivity index (χ0) is 32.0. The van der Waals surface area contributed by atoms with Crippen molar-refractivity contribution in [3.8, 4) is 11.4 Å². The summed E-state index contributed by atoms with van der Waals surface area (Å²) in [5.74, 6) is 1.48. The Hall–Kier alpha value is -3.56. The molecule has 1 aliphatic heterocycles. The van der Waals surface area contributed by atoms with E-state index in [0.717, 1.165) is 28.3 Å². The zero-order valence-electron chi connectivity index (χ0n) is 26.3. The first kappa shape index (κ1) is 31.4. The molecule has 2 heterocycles. The van der Waals surface area contributed by atoms with Gasteiger partial charge in [0.05, 0.1) is 5.56 Å². The Labute approximate surface area is 280 Å². The Morgan fingerprint density at radius 3 is 1.80 bits per heavy atom. The molecule has 0 fully saturated rings. The number of para-hydroxylation sites is 1. The standard InChI is InChI=1S/C36H37ClN6S2/c1-34(2,3)26-16-12-24(13-17-26)31-38-33(41-39-31)45-36(44)42-40-32(25-14-18-27(19-15-25)35(4,5)6)43(36,29-10-8-7-9-11-29)30-22-20-28(37)21-23-30/h7-23,42H,1-6H3,(H-,38,39,41,44)/p+1. The molecule has 1 aliphatic rings. The number of benzene rings is 4. The molecule has 0 saturated carbocycles. The van der Waals surface area contributed by atoms with E-state index in [1.165, 1.54) is 22.9 Å². The predicted octanol–water partition coefficient (Wildman–Crippen LogP) is 9.66. The molecular weight excluding hydrogens is 616 g/mol. The summed E-state index contributed by atoms with van der Waals surface area (Å²) >= 11 is 13.2. The molecule has 0 saturated heterocycles. The van der Waals surface area contributed by atoms with E-state index in [1.54, 1.807) is 0 Å². The number of rotatable bonds is 6. The molecule has 0 amide bonds. The minimum absolute atomic E-state index is 0.0232. The third kappa shape index (κ3) is 5.81. The second-order valence-corrected chi connectivity index (χ2v) is 15.9. The molecule has 2 unspecified atom stereocenters. The number of H-pyrrole nitrogens is 1. The highest BCUT2D eigenvalue weighted by atomic mass is 35.5. The van der Waals surface area contributed by atoms with E-state index < -0.39 is 4.33 Å². The summed E-state index contributed by atoms with van der Waals surface area (Å²) in [5, 5.41) is 14.0. The topological polar surface area (TPSA) is 66.0 Å². The van der Waals surface area contributed by atoms with E-state index in [1.807, 2.05) is 42.5 Å². The van der Waals surface area contributed by atoms with Crippen LogP contribution in [0.15, 0.2) is 113 Å². The number of halogens is 1. The summed E-state index contributed by atoms with van der Waals surface area (Å²) in [4.78, 5) is 4.91. The lowest BCUT2D eigenvalue weighted by molar-refractivity contribution is 0.464. The molecule has 0 radical (unpaired) electrons. The number of amidine groups is 1. The van der Waals surface area contributed by atoms with Crippen LogP contribution in [0.5, 0.6) is 0 Å². The van der Waals surface area contributed by atoms with E-state index in [9.17, 15) is 0 Å². The first-order valence-corrected chi connectivity index (χ1v) is 16.6. The molecule has 2 N–H and O–H groups in total. The fraction of sp³-hybridized carbons (Fsp3) is 0.250. The zero-order valence-corrected chi connectivity index (χ0v) is 28.8. The third-order valence-corrected chi connectivity index (χ3v) is 10.1. The van der Waals surface area contributed by atoms with Crippen molar-refractivity contribution in [1.82, 2.24) is 25.1 Å². The maximum absolute atomic E-state index is 6.42. The van der Waals surface area contributed by atoms with Crippen molar-refractivity contribution in [3.63, 3.8) is 0 Å². The Morgan fingerprint density at radius 2 is 1.24 bits per heavy atom. The minimum atomic E-state index is -1.08. The van der Waals surface area contributed by atoms with Gasteiger partial charge in [-0.2, -0.15) is 4.48 Å². The summed E-state index contributed by atoms with van der Waals surface area (Å²) in [6.07, 6.45) is 0. The molecule has 9 heteroatoms. The number of nitrogens with zero attached hydrogens (tertiary/aromatic N) is 4. The maximum Gasteiger partial charge on any atom is 0.305 e. The molecule has 5 aromatic rings. The van der Waals surface area contributed by atoms with Gasteiger partial charge >= 0.3 is 4.33 Å². The fourth-order valence-electron chi connectivity index (χ4n) is 5.62. The van der Waals surface area contributed by atoms with Crippen molar-refractivity contribution in [2.45, 2.75) is 61.9 Å². The quantitative estimate of drug-likeness (QED) is 0.0970. The highest BCUT2D eigenvalue weighted by Crippen LogP contribution is 2.54. The Bertz CT molecular complexity index is 1820. The molecule has 0 aliphatic carbocycles. The highest BCUT2D eigenvalue weighted by molar-refractivity contribution is 8.11. The van der Waals surface area contributed by atoms with Crippen LogP contribution in [0.1, 0.15) is 58.2 Å². The summed E-state index contributed by atoms with van der Waals surface area (Å²) in [6.45, 7) is 13.3. The minimum Gasteiger partial charge on any atom is -0.258 e. The van der Waals surface area contributed by atoms with Gasteiger partial charge in [-0.3, -0.25) is 5.10 Å². The molecule has 0 spiro atoms. The van der Waals surface area contributed by atoms with Crippen LogP contribution >= 0.6 is 36.0 Å². The number of hydrogen-bond donors (Lipinski definition) is 3. The average molecular weight is 654 g/mol. The number of aromatic nitrogens is 3. The highest BCUT2D eigenvalue weighted by Gasteiger charge is 2.62. The van der Waals surface area contributed by atoms with Gasteiger partial charge in [-0.25, -0.2) is 10.4 Å². The van der Waals surface area contributed by atoms with Crippen molar-refractivity contribution >= 4 is 53.2 Å². The van der Waals surface area contributed by atoms with Crippen LogP contribution < -0.4 is 9.91 Å². The van der Waals surface area contributed by atoms with E-state index in [-0.39, 0.29) is 15.3 Å². The number of hydrogen-bond acceptors (Lipinski definition) is 6. The Morgan fingerprint density at radius 1 is 0.711 bits per heavy atom. The van der Waals surface area contributed by atoms with Gasteiger partial charge in [0, 0.05) is 46.6 Å². The average Bonchev–Trinajstić information content (AvgIpc) is 3.60. The number of thioether (sulfide) groups is 1. The molecule has 6 nitrogen and oxygen atoms in total. The van der Waals surface area contributed by atoms with Crippen LogP contribution in [0.2, 0.25) is 5.02 Å². The first-order chi connectivity index (χ1) is 21.3. The summed E-state index contributed by atoms with van der Waals surface area (Å²) < 4.78 is -0.944. The number of hydrazone groups is 1. The molecule has 2 atom stereocenters. The molecule has 45 heavy (non-hydrogen) atoms. The van der Waals surface area contributed by atoms with Gasteiger partial charge in [0.1, 0.15) is 11.4 Å². The maximum atomic E-state index is 6.42. The van der Waals surface area contributed by atoms with E-state index in [4.69, 9.17) is 34.3 Å².